The molecule has 1 unspecified atom stereocenters. The van der Waals surface area contributed by atoms with Crippen molar-refractivity contribution in [2.24, 2.45) is 11.8 Å². The van der Waals surface area contributed by atoms with E-state index in [2.05, 4.69) is 72.9 Å². The van der Waals surface area contributed by atoms with Crippen LogP contribution in [0.4, 0.5) is 0 Å². The summed E-state index contributed by atoms with van der Waals surface area (Å²) in [5.41, 5.74) is 0.140. The van der Waals surface area contributed by atoms with Gasteiger partial charge in [0.05, 0.1) is 5.60 Å². The van der Waals surface area contributed by atoms with Gasteiger partial charge in [-0.05, 0) is 41.9 Å². The molecule has 0 aromatic rings. The van der Waals surface area contributed by atoms with Crippen molar-refractivity contribution in [1.29, 1.82) is 0 Å². The van der Waals surface area contributed by atoms with Crippen LogP contribution < -0.4 is 0 Å². The largest absolute Gasteiger partial charge is 0.421 e. The van der Waals surface area contributed by atoms with E-state index in [1.54, 1.807) is 0 Å². The molecule has 4 heteroatoms. The maximum atomic E-state index is 6.15. The SMILES string of the molecule is CC(C)CC(CC(C)C)(O[SiH3])C(I)CCCI. The molecule has 0 fully saturated rings. The minimum absolute atomic E-state index is 0.140. The lowest BCUT2D eigenvalue weighted by Gasteiger charge is -2.40. The number of rotatable bonds is 9. The van der Waals surface area contributed by atoms with Crippen LogP contribution in [0.15, 0.2) is 0 Å². The Balaban J connectivity index is 4.75. The summed E-state index contributed by atoms with van der Waals surface area (Å²) in [6.45, 7) is 9.27. The first kappa shape index (κ1) is 18.6. The molecule has 17 heavy (non-hydrogen) atoms. The molecule has 0 heterocycles. The average molecular weight is 482 g/mol. The fourth-order valence-electron chi connectivity index (χ4n) is 2.54. The van der Waals surface area contributed by atoms with E-state index in [-0.39, 0.29) is 5.60 Å². The molecule has 0 N–H and O–H groups in total. The van der Waals surface area contributed by atoms with Crippen LogP contribution in [0.1, 0.15) is 53.4 Å². The van der Waals surface area contributed by atoms with E-state index in [9.17, 15) is 0 Å². The highest BCUT2D eigenvalue weighted by molar-refractivity contribution is 14.1. The monoisotopic (exact) mass is 482 g/mol. The van der Waals surface area contributed by atoms with E-state index < -0.39 is 0 Å². The fourth-order valence-corrected chi connectivity index (χ4v) is 5.28. The normalized spacial score (nSPS) is 14.8. The topological polar surface area (TPSA) is 9.23 Å². The van der Waals surface area contributed by atoms with Gasteiger partial charge in [-0.3, -0.25) is 0 Å². The second kappa shape index (κ2) is 9.53. The lowest BCUT2D eigenvalue weighted by atomic mass is 9.81. The van der Waals surface area contributed by atoms with Crippen molar-refractivity contribution in [3.05, 3.63) is 0 Å². The number of halogens is 2. The maximum Gasteiger partial charge on any atom is 0.146 e. The van der Waals surface area contributed by atoms with Crippen LogP contribution in [0.25, 0.3) is 0 Å². The first-order valence-electron chi connectivity index (χ1n) is 6.63. The van der Waals surface area contributed by atoms with Crippen molar-refractivity contribution in [2.75, 3.05) is 4.43 Å². The van der Waals surface area contributed by atoms with Gasteiger partial charge in [0.1, 0.15) is 10.5 Å². The maximum absolute atomic E-state index is 6.15. The molecule has 0 aromatic carbocycles. The van der Waals surface area contributed by atoms with Crippen LogP contribution in [0.5, 0.6) is 0 Å². The number of hydrogen-bond donors (Lipinski definition) is 0. The van der Waals surface area contributed by atoms with Gasteiger partial charge in [-0.25, -0.2) is 0 Å². The molecule has 0 rings (SSSR count). The molecule has 1 atom stereocenters. The van der Waals surface area contributed by atoms with E-state index >= 15 is 0 Å². The van der Waals surface area contributed by atoms with Crippen LogP contribution in [-0.4, -0.2) is 24.4 Å². The average Bonchev–Trinajstić information content (AvgIpc) is 2.23. The van der Waals surface area contributed by atoms with Crippen molar-refractivity contribution in [1.82, 2.24) is 0 Å². The van der Waals surface area contributed by atoms with E-state index in [0.29, 0.717) is 3.92 Å². The zero-order valence-electron chi connectivity index (χ0n) is 11.9. The van der Waals surface area contributed by atoms with Crippen LogP contribution in [0, 0.1) is 11.8 Å². The Kier molecular flexibility index (Phi) is 10.4. The Bertz CT molecular complexity index is 188. The van der Waals surface area contributed by atoms with Gasteiger partial charge in [-0.15, -0.1) is 0 Å². The Hall–Kier alpha value is 1.64. The van der Waals surface area contributed by atoms with Crippen molar-refractivity contribution < 1.29 is 4.43 Å². The standard InChI is InChI=1S/C13H28I2OSi/c1-10(2)8-13(16-17,9-11(3)4)12(15)6-5-7-14/h10-12H,5-9H2,1-4,17H3. The third kappa shape index (κ3) is 7.10. The smallest absolute Gasteiger partial charge is 0.146 e. The van der Waals surface area contributed by atoms with Crippen molar-refractivity contribution in [2.45, 2.75) is 62.9 Å². The Morgan fingerprint density at radius 3 is 1.88 bits per heavy atom. The predicted octanol–water partition coefficient (Wildman–Crippen LogP) is 4.13. The van der Waals surface area contributed by atoms with Gasteiger partial charge in [0.15, 0.2) is 0 Å². The first-order chi connectivity index (χ1) is 7.88. The molecular weight excluding hydrogens is 454 g/mol. The summed E-state index contributed by atoms with van der Waals surface area (Å²) < 4.78 is 8.07. The molecule has 0 aliphatic carbocycles. The molecule has 0 aliphatic heterocycles. The second-order valence-electron chi connectivity index (χ2n) is 5.76. The zero-order valence-corrected chi connectivity index (χ0v) is 18.2. The molecule has 0 aliphatic rings. The molecule has 0 amide bonds. The molecule has 104 valence electrons. The molecule has 1 nitrogen and oxygen atoms in total. The van der Waals surface area contributed by atoms with Gasteiger partial charge in [-0.2, -0.15) is 0 Å². The van der Waals surface area contributed by atoms with E-state index in [4.69, 9.17) is 4.43 Å². The van der Waals surface area contributed by atoms with Gasteiger partial charge in [0, 0.05) is 3.92 Å². The third-order valence-electron chi connectivity index (χ3n) is 3.08. The molecule has 0 spiro atoms. The second-order valence-corrected chi connectivity index (χ2v) is 8.75. The minimum atomic E-state index is 0.140. The van der Waals surface area contributed by atoms with Crippen LogP contribution >= 0.6 is 45.2 Å². The summed E-state index contributed by atoms with van der Waals surface area (Å²) >= 11 is 5.12. The highest BCUT2D eigenvalue weighted by Gasteiger charge is 2.37. The van der Waals surface area contributed by atoms with Crippen LogP contribution in [0.2, 0.25) is 0 Å². The molecule has 0 saturated heterocycles. The van der Waals surface area contributed by atoms with Gasteiger partial charge < -0.3 is 4.43 Å². The molecule has 0 radical (unpaired) electrons. The Morgan fingerprint density at radius 2 is 1.59 bits per heavy atom. The summed E-state index contributed by atoms with van der Waals surface area (Å²) in [7, 11) is 0.857. The van der Waals surface area contributed by atoms with Crippen molar-refractivity contribution in [3.8, 4) is 0 Å². The fraction of sp³-hybridized carbons (Fsp3) is 1.00. The summed E-state index contributed by atoms with van der Waals surface area (Å²) in [6.07, 6.45) is 5.04. The minimum Gasteiger partial charge on any atom is -0.421 e. The van der Waals surface area contributed by atoms with Gasteiger partial charge in [-0.1, -0.05) is 72.9 Å². The Labute approximate surface area is 138 Å². The van der Waals surface area contributed by atoms with Crippen molar-refractivity contribution >= 4 is 55.7 Å². The lowest BCUT2D eigenvalue weighted by Crippen LogP contribution is -2.43. The summed E-state index contributed by atoms with van der Waals surface area (Å²) in [6, 6.07) is 0. The van der Waals surface area contributed by atoms with Gasteiger partial charge in [0.25, 0.3) is 0 Å². The first-order valence-corrected chi connectivity index (χ1v) is 10.2. The van der Waals surface area contributed by atoms with Crippen LogP contribution in [-0.2, 0) is 4.43 Å². The molecule has 0 saturated carbocycles. The van der Waals surface area contributed by atoms with E-state index in [1.165, 1.54) is 30.1 Å². The lowest BCUT2D eigenvalue weighted by molar-refractivity contribution is 0.0348. The van der Waals surface area contributed by atoms with E-state index in [0.717, 1.165) is 22.3 Å². The van der Waals surface area contributed by atoms with Crippen molar-refractivity contribution in [3.63, 3.8) is 0 Å². The Morgan fingerprint density at radius 1 is 1.12 bits per heavy atom. The summed E-state index contributed by atoms with van der Waals surface area (Å²) in [4.78, 5) is 0. The molecule has 0 bridgehead atoms. The van der Waals surface area contributed by atoms with Gasteiger partial charge >= 0.3 is 0 Å². The number of alkyl halides is 2. The van der Waals surface area contributed by atoms with E-state index in [1.807, 2.05) is 0 Å². The predicted molar refractivity (Wildman–Crippen MR) is 98.6 cm³/mol. The summed E-state index contributed by atoms with van der Waals surface area (Å²) in [5, 5.41) is 0. The zero-order chi connectivity index (χ0) is 13.5. The summed E-state index contributed by atoms with van der Waals surface area (Å²) in [5.74, 6) is 1.44. The number of hydrogen-bond acceptors (Lipinski definition) is 1. The molecular formula is C13H28I2OSi. The van der Waals surface area contributed by atoms with Crippen LogP contribution in [0.3, 0.4) is 0 Å². The molecule has 0 aromatic heterocycles. The highest BCUT2D eigenvalue weighted by Crippen LogP contribution is 2.37. The quantitative estimate of drug-likeness (QED) is 0.273. The van der Waals surface area contributed by atoms with Gasteiger partial charge in [0.2, 0.25) is 0 Å². The third-order valence-corrected chi connectivity index (χ3v) is 6.41. The highest BCUT2D eigenvalue weighted by atomic mass is 127.